The lowest BCUT2D eigenvalue weighted by Gasteiger charge is -2.09. The number of non-ortho nitro benzene ring substituents is 1. The van der Waals surface area contributed by atoms with Crippen molar-refractivity contribution in [3.63, 3.8) is 0 Å². The van der Waals surface area contributed by atoms with Crippen LogP contribution in [0.15, 0.2) is 64.4 Å². The first-order chi connectivity index (χ1) is 15.0. The molecule has 10 heteroatoms. The van der Waals surface area contributed by atoms with E-state index in [1.165, 1.54) is 23.5 Å². The average Bonchev–Trinajstić information content (AvgIpc) is 3.16. The Morgan fingerprint density at radius 3 is 2.61 bits per heavy atom. The molecule has 0 spiro atoms. The summed E-state index contributed by atoms with van der Waals surface area (Å²) in [6.45, 7) is 2.14. The van der Waals surface area contributed by atoms with Gasteiger partial charge in [0.05, 0.1) is 27.5 Å². The molecule has 31 heavy (non-hydrogen) atoms. The van der Waals surface area contributed by atoms with E-state index in [1.807, 2.05) is 37.3 Å². The Morgan fingerprint density at radius 1 is 1.16 bits per heavy atom. The van der Waals surface area contributed by atoms with Crippen molar-refractivity contribution in [2.24, 2.45) is 4.99 Å². The molecule has 0 radical (unpaired) electrons. The smallest absolute Gasteiger partial charge is 0.271 e. The third-order valence-corrected chi connectivity index (χ3v) is 5.94. The van der Waals surface area contributed by atoms with Crippen molar-refractivity contribution in [1.82, 2.24) is 14.3 Å². The molecule has 0 fully saturated rings. The normalized spacial score (nSPS) is 13.0. The summed E-state index contributed by atoms with van der Waals surface area (Å²) in [5.41, 5.74) is 2.89. The molecule has 0 atom stereocenters. The first-order valence-corrected chi connectivity index (χ1v) is 10.3. The number of aromatic nitrogens is 3. The number of thiazole rings is 1. The number of nitrogens with one attached hydrogen (secondary N) is 1. The molecular formula is C21H16N6O3S. The molecule has 1 aliphatic rings. The zero-order valence-corrected chi connectivity index (χ0v) is 17.2. The lowest BCUT2D eigenvalue weighted by atomic mass is 10.2. The molecule has 2 aromatic carbocycles. The first kappa shape index (κ1) is 18.9. The SMILES string of the molecule is Cc1nn(-c2ccccc2)c2c1N=c1s/c(=C\c3ccc([N+](=O)[O-])cc3)c(=O)n1CN2. The van der Waals surface area contributed by atoms with Crippen molar-refractivity contribution in [1.29, 1.82) is 0 Å². The quantitative estimate of drug-likeness (QED) is 0.395. The van der Waals surface area contributed by atoms with Crippen molar-refractivity contribution in [3.05, 3.63) is 95.7 Å². The van der Waals surface area contributed by atoms with Gasteiger partial charge in [-0.1, -0.05) is 29.5 Å². The standard InChI is InChI=1S/C21H16N6O3S/c1-13-18-19(26(24-13)15-5-3-2-4-6-15)22-12-25-20(28)17(31-21(25)23-18)11-14-7-9-16(10-8-14)27(29)30/h2-11,22H,12H2,1H3/b17-11-. The second kappa shape index (κ2) is 7.33. The second-order valence-corrected chi connectivity index (χ2v) is 7.96. The third kappa shape index (κ3) is 3.32. The van der Waals surface area contributed by atoms with E-state index >= 15 is 0 Å². The fourth-order valence-electron chi connectivity index (χ4n) is 3.39. The topological polar surface area (TPSA) is 107 Å². The minimum Gasteiger partial charge on any atom is -0.350 e. The van der Waals surface area contributed by atoms with Crippen LogP contribution in [-0.2, 0) is 6.67 Å². The van der Waals surface area contributed by atoms with Gasteiger partial charge in [-0.3, -0.25) is 19.5 Å². The lowest BCUT2D eigenvalue weighted by molar-refractivity contribution is -0.384. The molecule has 154 valence electrons. The zero-order valence-electron chi connectivity index (χ0n) is 16.3. The minimum absolute atomic E-state index is 0.00784. The number of rotatable bonds is 3. The Morgan fingerprint density at radius 2 is 1.90 bits per heavy atom. The Bertz CT molecular complexity index is 1480. The molecular weight excluding hydrogens is 416 g/mol. The molecule has 0 unspecified atom stereocenters. The summed E-state index contributed by atoms with van der Waals surface area (Å²) in [7, 11) is 0. The van der Waals surface area contributed by atoms with Gasteiger partial charge in [0.25, 0.3) is 11.2 Å². The molecule has 1 N–H and O–H groups in total. The van der Waals surface area contributed by atoms with Crippen LogP contribution in [-0.4, -0.2) is 19.3 Å². The van der Waals surface area contributed by atoms with Gasteiger partial charge in [-0.15, -0.1) is 0 Å². The minimum atomic E-state index is -0.452. The van der Waals surface area contributed by atoms with Crippen LogP contribution in [0.1, 0.15) is 11.3 Å². The van der Waals surface area contributed by atoms with Crippen LogP contribution in [0.2, 0.25) is 0 Å². The second-order valence-electron chi connectivity index (χ2n) is 6.95. The number of para-hydroxylation sites is 1. The van der Waals surface area contributed by atoms with E-state index in [0.717, 1.165) is 17.2 Å². The van der Waals surface area contributed by atoms with Crippen molar-refractivity contribution in [3.8, 4) is 5.69 Å². The van der Waals surface area contributed by atoms with Crippen molar-refractivity contribution in [2.75, 3.05) is 5.32 Å². The molecule has 3 heterocycles. The summed E-state index contributed by atoms with van der Waals surface area (Å²) in [6, 6.07) is 15.8. The Labute approximate surface area is 179 Å². The van der Waals surface area contributed by atoms with Gasteiger partial charge in [-0.2, -0.15) is 5.10 Å². The number of hydrogen-bond acceptors (Lipinski definition) is 7. The van der Waals surface area contributed by atoms with Gasteiger partial charge in [0, 0.05) is 12.1 Å². The summed E-state index contributed by atoms with van der Waals surface area (Å²) in [6.07, 6.45) is 1.72. The zero-order chi connectivity index (χ0) is 21.5. The predicted molar refractivity (Wildman–Crippen MR) is 118 cm³/mol. The summed E-state index contributed by atoms with van der Waals surface area (Å²) in [5, 5.41) is 18.7. The van der Waals surface area contributed by atoms with E-state index in [4.69, 9.17) is 4.99 Å². The summed E-state index contributed by atoms with van der Waals surface area (Å²) in [4.78, 5) is 28.7. The number of fused-ring (bicyclic) bond motifs is 2. The summed E-state index contributed by atoms with van der Waals surface area (Å²) < 4.78 is 3.88. The molecule has 1 aliphatic heterocycles. The van der Waals surface area contributed by atoms with Gasteiger partial charge in [0.1, 0.15) is 5.69 Å². The average molecular weight is 432 g/mol. The summed E-state index contributed by atoms with van der Waals surface area (Å²) >= 11 is 1.28. The van der Waals surface area contributed by atoms with Crippen LogP contribution in [0.3, 0.4) is 0 Å². The maximum absolute atomic E-state index is 13.0. The Balaban J connectivity index is 1.61. The molecule has 5 rings (SSSR count). The molecule has 2 aromatic heterocycles. The largest absolute Gasteiger partial charge is 0.350 e. The van der Waals surface area contributed by atoms with Gasteiger partial charge < -0.3 is 5.32 Å². The number of hydrogen-bond donors (Lipinski definition) is 1. The molecule has 0 bridgehead atoms. The fraction of sp³-hybridized carbons (Fsp3) is 0.0952. The molecule has 9 nitrogen and oxygen atoms in total. The molecule has 0 saturated carbocycles. The van der Waals surface area contributed by atoms with Crippen LogP contribution in [0.4, 0.5) is 17.2 Å². The summed E-state index contributed by atoms with van der Waals surface area (Å²) in [5.74, 6) is 0.736. The van der Waals surface area contributed by atoms with Crippen molar-refractivity contribution in [2.45, 2.75) is 13.6 Å². The van der Waals surface area contributed by atoms with Gasteiger partial charge >= 0.3 is 0 Å². The highest BCUT2D eigenvalue weighted by Gasteiger charge is 2.20. The highest BCUT2D eigenvalue weighted by atomic mass is 32.1. The molecule has 0 saturated heterocycles. The number of anilines is 1. The maximum Gasteiger partial charge on any atom is 0.271 e. The Hall–Kier alpha value is -4.05. The highest BCUT2D eigenvalue weighted by Crippen LogP contribution is 2.31. The van der Waals surface area contributed by atoms with Crippen LogP contribution < -0.4 is 20.2 Å². The van der Waals surface area contributed by atoms with E-state index in [0.29, 0.717) is 20.6 Å². The highest BCUT2D eigenvalue weighted by molar-refractivity contribution is 7.07. The molecule has 4 aromatic rings. The maximum atomic E-state index is 13.0. The lowest BCUT2D eigenvalue weighted by Crippen LogP contribution is -2.33. The van der Waals surface area contributed by atoms with E-state index in [-0.39, 0.29) is 17.9 Å². The number of nitro groups is 1. The molecule has 0 amide bonds. The molecule has 0 aliphatic carbocycles. The van der Waals surface area contributed by atoms with Crippen LogP contribution in [0.25, 0.3) is 11.8 Å². The van der Waals surface area contributed by atoms with E-state index in [1.54, 1.807) is 27.5 Å². The van der Waals surface area contributed by atoms with Crippen molar-refractivity contribution < 1.29 is 4.92 Å². The van der Waals surface area contributed by atoms with Gasteiger partial charge in [0.15, 0.2) is 10.6 Å². The van der Waals surface area contributed by atoms with E-state index in [2.05, 4.69) is 10.4 Å². The fourth-order valence-corrected chi connectivity index (χ4v) is 4.38. The van der Waals surface area contributed by atoms with Crippen LogP contribution in [0, 0.1) is 17.0 Å². The number of benzene rings is 2. The van der Waals surface area contributed by atoms with E-state index < -0.39 is 4.92 Å². The van der Waals surface area contributed by atoms with E-state index in [9.17, 15) is 14.9 Å². The van der Waals surface area contributed by atoms with Crippen LogP contribution in [0.5, 0.6) is 0 Å². The number of nitrogens with zero attached hydrogens (tertiary/aromatic N) is 5. The predicted octanol–water partition coefficient (Wildman–Crippen LogP) is 2.48. The number of nitro benzene ring substituents is 1. The van der Waals surface area contributed by atoms with Gasteiger partial charge in [0.2, 0.25) is 0 Å². The van der Waals surface area contributed by atoms with Gasteiger partial charge in [-0.25, -0.2) is 9.67 Å². The number of aryl methyl sites for hydroxylation is 1. The third-order valence-electron chi connectivity index (χ3n) is 4.93. The monoisotopic (exact) mass is 432 g/mol. The Kier molecular flexibility index (Phi) is 4.48. The van der Waals surface area contributed by atoms with Gasteiger partial charge in [-0.05, 0) is 42.8 Å². The first-order valence-electron chi connectivity index (χ1n) is 9.45. The van der Waals surface area contributed by atoms with Crippen LogP contribution >= 0.6 is 11.3 Å². The van der Waals surface area contributed by atoms with Crippen molar-refractivity contribution >= 4 is 34.6 Å².